The van der Waals surface area contributed by atoms with Crippen LogP contribution in [0.15, 0.2) is 78.9 Å². The van der Waals surface area contributed by atoms with Crippen LogP contribution in [0.2, 0.25) is 0 Å². The minimum absolute atomic E-state index is 0.197. The Labute approximate surface area is 182 Å². The number of rotatable bonds is 9. The van der Waals surface area contributed by atoms with Gasteiger partial charge in [-0.3, -0.25) is 9.10 Å². The molecule has 3 rings (SSSR count). The van der Waals surface area contributed by atoms with E-state index in [0.717, 1.165) is 5.56 Å². The largest absolute Gasteiger partial charge is 0.495 e. The van der Waals surface area contributed by atoms with Crippen LogP contribution >= 0.6 is 0 Å². The number of nitrogens with zero attached hydrogens (tertiary/aromatic N) is 1. The van der Waals surface area contributed by atoms with Gasteiger partial charge in [0.2, 0.25) is 10.0 Å². The summed E-state index contributed by atoms with van der Waals surface area (Å²) in [4.78, 5) is 12.2. The molecule has 1 N–H and O–H groups in total. The highest BCUT2D eigenvalue weighted by Gasteiger charge is 2.18. The third kappa shape index (κ3) is 6.23. The highest BCUT2D eigenvalue weighted by molar-refractivity contribution is 7.92. The van der Waals surface area contributed by atoms with Crippen molar-refractivity contribution < 1.29 is 22.7 Å². The molecule has 162 valence electrons. The Balaban J connectivity index is 1.64. The lowest BCUT2D eigenvalue weighted by Crippen LogP contribution is -2.29. The van der Waals surface area contributed by atoms with Crippen LogP contribution < -0.4 is 19.1 Å². The minimum atomic E-state index is -3.48. The molecule has 0 saturated carbocycles. The highest BCUT2D eigenvalue weighted by atomic mass is 32.2. The van der Waals surface area contributed by atoms with E-state index in [9.17, 15) is 13.2 Å². The number of anilines is 2. The van der Waals surface area contributed by atoms with Crippen LogP contribution in [0.25, 0.3) is 0 Å². The summed E-state index contributed by atoms with van der Waals surface area (Å²) in [7, 11) is -1.95. The maximum atomic E-state index is 12.3. The van der Waals surface area contributed by atoms with Crippen LogP contribution in [0.4, 0.5) is 11.4 Å². The smallest absolute Gasteiger partial charge is 0.262 e. The van der Waals surface area contributed by atoms with E-state index in [0.29, 0.717) is 22.9 Å². The molecular formula is C23H24N2O5S. The lowest BCUT2D eigenvalue weighted by Gasteiger charge is -2.22. The molecule has 0 aromatic heterocycles. The Bertz CT molecular complexity index is 1120. The summed E-state index contributed by atoms with van der Waals surface area (Å²) in [6, 6.07) is 23.0. The van der Waals surface area contributed by atoms with Crippen molar-refractivity contribution >= 4 is 27.3 Å². The van der Waals surface area contributed by atoms with Crippen LogP contribution in [-0.4, -0.2) is 34.3 Å². The van der Waals surface area contributed by atoms with Crippen LogP contribution in [0.3, 0.4) is 0 Å². The number of sulfonamides is 1. The Morgan fingerprint density at radius 1 is 0.935 bits per heavy atom. The van der Waals surface area contributed by atoms with E-state index in [4.69, 9.17) is 9.47 Å². The molecule has 0 aliphatic carbocycles. The number of hydrogen-bond donors (Lipinski definition) is 1. The summed E-state index contributed by atoms with van der Waals surface area (Å²) in [5, 5.41) is 2.73. The predicted molar refractivity (Wildman–Crippen MR) is 121 cm³/mol. The van der Waals surface area contributed by atoms with Crippen molar-refractivity contribution in [2.75, 3.05) is 29.6 Å². The van der Waals surface area contributed by atoms with Crippen molar-refractivity contribution in [3.05, 3.63) is 84.4 Å². The van der Waals surface area contributed by atoms with Crippen LogP contribution in [0.5, 0.6) is 11.5 Å². The van der Waals surface area contributed by atoms with E-state index in [1.54, 1.807) is 42.5 Å². The molecule has 31 heavy (non-hydrogen) atoms. The topological polar surface area (TPSA) is 84.9 Å². The molecular weight excluding hydrogens is 416 g/mol. The average Bonchev–Trinajstić information content (AvgIpc) is 2.77. The lowest BCUT2D eigenvalue weighted by molar-refractivity contribution is -0.118. The second-order valence-corrected chi connectivity index (χ2v) is 8.69. The van der Waals surface area contributed by atoms with Crippen molar-refractivity contribution in [3.63, 3.8) is 0 Å². The van der Waals surface area contributed by atoms with E-state index >= 15 is 0 Å². The fourth-order valence-electron chi connectivity index (χ4n) is 2.94. The molecule has 0 heterocycles. The molecule has 7 nitrogen and oxygen atoms in total. The first-order valence-electron chi connectivity index (χ1n) is 9.54. The molecule has 0 unspecified atom stereocenters. The van der Waals surface area contributed by atoms with E-state index in [1.807, 2.05) is 36.4 Å². The van der Waals surface area contributed by atoms with E-state index < -0.39 is 10.0 Å². The fraction of sp³-hybridized carbons (Fsp3) is 0.174. The van der Waals surface area contributed by atoms with Gasteiger partial charge in [-0.05, 0) is 42.0 Å². The van der Waals surface area contributed by atoms with E-state index in [2.05, 4.69) is 5.32 Å². The Morgan fingerprint density at radius 3 is 2.23 bits per heavy atom. The first kappa shape index (κ1) is 22.2. The quantitative estimate of drug-likeness (QED) is 0.549. The van der Waals surface area contributed by atoms with Crippen molar-refractivity contribution in [2.24, 2.45) is 0 Å². The highest BCUT2D eigenvalue weighted by Crippen LogP contribution is 2.25. The van der Waals surface area contributed by atoms with Crippen molar-refractivity contribution in [2.45, 2.75) is 6.54 Å². The van der Waals surface area contributed by atoms with Gasteiger partial charge in [0, 0.05) is 0 Å². The second-order valence-electron chi connectivity index (χ2n) is 6.79. The second kappa shape index (κ2) is 9.99. The minimum Gasteiger partial charge on any atom is -0.495 e. The summed E-state index contributed by atoms with van der Waals surface area (Å²) >= 11 is 0. The van der Waals surface area contributed by atoms with Gasteiger partial charge in [0.25, 0.3) is 5.91 Å². The van der Waals surface area contributed by atoms with Crippen LogP contribution in [-0.2, 0) is 21.4 Å². The van der Waals surface area contributed by atoms with E-state index in [1.165, 1.54) is 17.7 Å². The number of benzene rings is 3. The molecule has 8 heteroatoms. The third-order valence-electron chi connectivity index (χ3n) is 4.45. The summed E-state index contributed by atoms with van der Waals surface area (Å²) in [6.45, 7) is 0.0262. The molecule has 0 saturated heterocycles. The average molecular weight is 441 g/mol. The predicted octanol–water partition coefficient (Wildman–Crippen LogP) is 3.68. The Morgan fingerprint density at radius 2 is 1.58 bits per heavy atom. The van der Waals surface area contributed by atoms with Crippen molar-refractivity contribution in [1.82, 2.24) is 0 Å². The van der Waals surface area contributed by atoms with E-state index in [-0.39, 0.29) is 19.1 Å². The summed E-state index contributed by atoms with van der Waals surface area (Å²) in [6.07, 6.45) is 1.17. The number of para-hydroxylation sites is 2. The summed E-state index contributed by atoms with van der Waals surface area (Å²) < 4.78 is 36.6. The molecule has 0 aliphatic rings. The van der Waals surface area contributed by atoms with Crippen molar-refractivity contribution in [3.8, 4) is 11.5 Å². The zero-order valence-corrected chi connectivity index (χ0v) is 18.1. The first-order valence-corrected chi connectivity index (χ1v) is 11.4. The zero-order chi connectivity index (χ0) is 22.3. The maximum absolute atomic E-state index is 12.3. The Kier molecular flexibility index (Phi) is 7.15. The Hall–Kier alpha value is -3.52. The molecule has 3 aromatic rings. The van der Waals surface area contributed by atoms with Gasteiger partial charge in [-0.1, -0.05) is 42.5 Å². The molecule has 1 amide bonds. The summed E-state index contributed by atoms with van der Waals surface area (Å²) in [5.41, 5.74) is 1.94. The SMILES string of the molecule is COc1ccccc1NC(=O)COc1ccc(N(Cc2ccccc2)S(C)(=O)=O)cc1. The fourth-order valence-corrected chi connectivity index (χ4v) is 3.83. The molecule has 0 radical (unpaired) electrons. The molecule has 3 aromatic carbocycles. The third-order valence-corrected chi connectivity index (χ3v) is 5.59. The molecule has 0 bridgehead atoms. The standard InChI is InChI=1S/C23H24N2O5S/c1-29-22-11-7-6-10-21(22)24-23(26)17-30-20-14-12-19(13-15-20)25(31(2,27)28)16-18-8-4-3-5-9-18/h3-15H,16-17H2,1-2H3,(H,24,26). The van der Waals surface area contributed by atoms with Gasteiger partial charge in [-0.25, -0.2) is 8.42 Å². The van der Waals surface area contributed by atoms with Gasteiger partial charge in [0.15, 0.2) is 6.61 Å². The normalized spacial score (nSPS) is 10.9. The number of carbonyl (C=O) groups excluding carboxylic acids is 1. The van der Waals surface area contributed by atoms with Crippen LogP contribution in [0, 0.1) is 0 Å². The molecule has 0 fully saturated rings. The first-order chi connectivity index (χ1) is 14.9. The number of carbonyl (C=O) groups is 1. The maximum Gasteiger partial charge on any atom is 0.262 e. The molecule has 0 aliphatic heterocycles. The number of amides is 1. The van der Waals surface area contributed by atoms with Gasteiger partial charge in [0.05, 0.1) is 31.3 Å². The van der Waals surface area contributed by atoms with Gasteiger partial charge in [-0.15, -0.1) is 0 Å². The molecule has 0 atom stereocenters. The number of methoxy groups -OCH3 is 1. The summed E-state index contributed by atoms with van der Waals surface area (Å²) in [5.74, 6) is 0.669. The van der Waals surface area contributed by atoms with Gasteiger partial charge < -0.3 is 14.8 Å². The molecule has 0 spiro atoms. The van der Waals surface area contributed by atoms with Gasteiger partial charge >= 0.3 is 0 Å². The van der Waals surface area contributed by atoms with Crippen LogP contribution in [0.1, 0.15) is 5.56 Å². The number of hydrogen-bond acceptors (Lipinski definition) is 5. The van der Waals surface area contributed by atoms with Crippen molar-refractivity contribution in [1.29, 1.82) is 0 Å². The number of nitrogens with one attached hydrogen (secondary N) is 1. The monoisotopic (exact) mass is 440 g/mol. The van der Waals surface area contributed by atoms with Gasteiger partial charge in [0.1, 0.15) is 11.5 Å². The lowest BCUT2D eigenvalue weighted by atomic mass is 10.2. The van der Waals surface area contributed by atoms with Gasteiger partial charge in [-0.2, -0.15) is 0 Å². The zero-order valence-electron chi connectivity index (χ0n) is 17.3. The number of ether oxygens (including phenoxy) is 2.